The molecule has 0 saturated heterocycles. The number of halogens is 3. The number of benzene rings is 3. The number of esters is 1. The van der Waals surface area contributed by atoms with Gasteiger partial charge in [0.25, 0.3) is 5.76 Å². The molecule has 0 aliphatic rings. The molecule has 0 amide bonds. The molecule has 0 N–H and O–H groups in total. The number of fused-ring (bicyclic) bond motifs is 1. The quantitative estimate of drug-likeness (QED) is 0.118. The smallest absolute Gasteiger partial charge is 0.453 e. The average Bonchev–Trinajstić information content (AvgIpc) is 2.89. The van der Waals surface area contributed by atoms with E-state index in [1.807, 2.05) is 0 Å². The van der Waals surface area contributed by atoms with E-state index in [-0.39, 0.29) is 34.8 Å². The minimum Gasteiger partial charge on any atom is -0.490 e. The molecule has 0 unspecified atom stereocenters. The fourth-order valence-corrected chi connectivity index (χ4v) is 3.43. The molecule has 10 heteroatoms. The number of ether oxygens (including phenoxy) is 3. The Hall–Kier alpha value is -5.04. The van der Waals surface area contributed by atoms with Crippen LogP contribution in [0.5, 0.6) is 23.0 Å². The van der Waals surface area contributed by atoms with E-state index in [9.17, 15) is 28.0 Å². The van der Waals surface area contributed by atoms with Gasteiger partial charge in [0.05, 0.1) is 12.0 Å². The largest absolute Gasteiger partial charge is 0.490 e. The number of hydrogen-bond donors (Lipinski definition) is 0. The first-order chi connectivity index (χ1) is 18.2. The normalized spacial score (nSPS) is 11.6. The molecule has 192 valence electrons. The SMILES string of the molecule is CCOc1ccccc1Oc1c(C(F)(F)F)oc2cc(OC(=O)/C(C#N)=C/c3ccccc3)ccc2c1=O. The van der Waals surface area contributed by atoms with Gasteiger partial charge in [0, 0.05) is 6.07 Å². The summed E-state index contributed by atoms with van der Waals surface area (Å²) in [6.07, 6.45) is -3.79. The van der Waals surface area contributed by atoms with E-state index in [2.05, 4.69) is 0 Å². The van der Waals surface area contributed by atoms with Crippen LogP contribution < -0.4 is 19.6 Å². The molecule has 7 nitrogen and oxygen atoms in total. The van der Waals surface area contributed by atoms with Crippen molar-refractivity contribution in [1.29, 1.82) is 5.26 Å². The molecule has 1 heterocycles. The summed E-state index contributed by atoms with van der Waals surface area (Å²) in [4.78, 5) is 25.6. The minimum absolute atomic E-state index is 0.105. The van der Waals surface area contributed by atoms with Gasteiger partial charge in [-0.25, -0.2) is 4.79 Å². The van der Waals surface area contributed by atoms with Gasteiger partial charge >= 0.3 is 12.1 Å². The predicted molar refractivity (Wildman–Crippen MR) is 131 cm³/mol. The Labute approximate surface area is 213 Å². The van der Waals surface area contributed by atoms with Gasteiger partial charge in [0.1, 0.15) is 23.0 Å². The van der Waals surface area contributed by atoms with Gasteiger partial charge in [0.2, 0.25) is 11.2 Å². The Bertz CT molecular complexity index is 1620. The summed E-state index contributed by atoms with van der Waals surface area (Å²) >= 11 is 0. The van der Waals surface area contributed by atoms with E-state index in [0.29, 0.717) is 5.56 Å². The maximum Gasteiger partial charge on any atom is 0.453 e. The van der Waals surface area contributed by atoms with Crippen molar-refractivity contribution in [3.8, 4) is 29.1 Å². The molecule has 0 saturated carbocycles. The molecule has 38 heavy (non-hydrogen) atoms. The number of rotatable bonds is 7. The standard InChI is InChI=1S/C28H18F3NO6/c1-2-35-21-10-6-7-11-22(21)37-25-24(33)20-13-12-19(15-23(20)38-26(25)28(29,30)31)36-27(34)18(16-32)14-17-8-4-3-5-9-17/h3-15H,2H2,1H3/b18-14+. The van der Waals surface area contributed by atoms with Gasteiger partial charge in [-0.2, -0.15) is 18.4 Å². The zero-order chi connectivity index (χ0) is 27.3. The number of hydrogen-bond acceptors (Lipinski definition) is 7. The van der Waals surface area contributed by atoms with Crippen molar-refractivity contribution in [2.24, 2.45) is 0 Å². The Balaban J connectivity index is 1.73. The molecule has 4 aromatic rings. The number of carbonyl (C=O) groups is 1. The van der Waals surface area contributed by atoms with E-state index in [4.69, 9.17) is 18.6 Å². The van der Waals surface area contributed by atoms with Crippen LogP contribution in [0.2, 0.25) is 0 Å². The summed E-state index contributed by atoms with van der Waals surface area (Å²) < 4.78 is 62.7. The number of alkyl halides is 3. The minimum atomic E-state index is -5.09. The van der Waals surface area contributed by atoms with Crippen molar-refractivity contribution in [3.05, 3.63) is 99.9 Å². The summed E-state index contributed by atoms with van der Waals surface area (Å²) in [5.74, 6) is -3.98. The molecule has 3 aromatic carbocycles. The maximum absolute atomic E-state index is 13.9. The summed E-state index contributed by atoms with van der Waals surface area (Å²) in [6.45, 7) is 1.90. The van der Waals surface area contributed by atoms with Crippen LogP contribution in [0.3, 0.4) is 0 Å². The van der Waals surface area contributed by atoms with E-state index in [1.54, 1.807) is 49.4 Å². The van der Waals surface area contributed by atoms with Gasteiger partial charge in [-0.1, -0.05) is 42.5 Å². The summed E-state index contributed by atoms with van der Waals surface area (Å²) in [6, 6.07) is 19.5. The van der Waals surface area contributed by atoms with E-state index in [1.165, 1.54) is 30.3 Å². The third-order valence-corrected chi connectivity index (χ3v) is 5.10. The Morgan fingerprint density at radius 3 is 2.37 bits per heavy atom. The lowest BCUT2D eigenvalue weighted by Gasteiger charge is -2.15. The average molecular weight is 521 g/mol. The molecule has 0 atom stereocenters. The van der Waals surface area contributed by atoms with Crippen molar-refractivity contribution in [2.45, 2.75) is 13.1 Å². The number of para-hydroxylation sites is 2. The van der Waals surface area contributed by atoms with Gasteiger partial charge < -0.3 is 18.6 Å². The molecular weight excluding hydrogens is 503 g/mol. The van der Waals surface area contributed by atoms with Crippen LogP contribution in [-0.2, 0) is 11.0 Å². The second-order valence-electron chi connectivity index (χ2n) is 7.70. The number of carbonyl (C=O) groups excluding carboxylic acids is 1. The van der Waals surface area contributed by atoms with Crippen molar-refractivity contribution in [2.75, 3.05) is 6.61 Å². The first-order valence-electron chi connectivity index (χ1n) is 11.2. The third kappa shape index (κ3) is 5.68. The van der Waals surface area contributed by atoms with Crippen LogP contribution in [0.15, 0.2) is 87.6 Å². The molecular formula is C28H18F3NO6. The first-order valence-corrected chi connectivity index (χ1v) is 11.2. The number of nitriles is 1. The second kappa shape index (κ2) is 10.9. The molecule has 4 rings (SSSR count). The molecule has 0 bridgehead atoms. The highest BCUT2D eigenvalue weighted by Crippen LogP contribution is 2.40. The fraction of sp³-hybridized carbons (Fsp3) is 0.107. The highest BCUT2D eigenvalue weighted by molar-refractivity contribution is 5.99. The van der Waals surface area contributed by atoms with Crippen LogP contribution >= 0.6 is 0 Å². The Kier molecular flexibility index (Phi) is 7.48. The molecule has 0 aliphatic carbocycles. The van der Waals surface area contributed by atoms with Crippen molar-refractivity contribution < 1.29 is 36.6 Å². The highest BCUT2D eigenvalue weighted by Gasteiger charge is 2.40. The van der Waals surface area contributed by atoms with Crippen molar-refractivity contribution in [3.63, 3.8) is 0 Å². The van der Waals surface area contributed by atoms with Crippen LogP contribution in [0.4, 0.5) is 13.2 Å². The molecule has 0 radical (unpaired) electrons. The van der Waals surface area contributed by atoms with E-state index >= 15 is 0 Å². The fourth-order valence-electron chi connectivity index (χ4n) is 3.43. The van der Waals surface area contributed by atoms with Crippen molar-refractivity contribution in [1.82, 2.24) is 0 Å². The molecule has 0 aliphatic heterocycles. The van der Waals surface area contributed by atoms with Gasteiger partial charge in [-0.05, 0) is 42.8 Å². The predicted octanol–water partition coefficient (Wildman–Crippen LogP) is 6.52. The van der Waals surface area contributed by atoms with E-state index < -0.39 is 34.7 Å². The lowest BCUT2D eigenvalue weighted by molar-refractivity contribution is -0.154. The zero-order valence-electron chi connectivity index (χ0n) is 19.7. The topological polar surface area (TPSA) is 98.8 Å². The Morgan fingerprint density at radius 1 is 1.03 bits per heavy atom. The lowest BCUT2D eigenvalue weighted by atomic mass is 10.1. The second-order valence-corrected chi connectivity index (χ2v) is 7.70. The van der Waals surface area contributed by atoms with Crippen LogP contribution in [0, 0.1) is 11.3 Å². The van der Waals surface area contributed by atoms with Gasteiger partial charge in [0.15, 0.2) is 11.5 Å². The van der Waals surface area contributed by atoms with Crippen LogP contribution in [-0.4, -0.2) is 12.6 Å². The maximum atomic E-state index is 13.9. The first kappa shape index (κ1) is 26.0. The van der Waals surface area contributed by atoms with Gasteiger partial charge in [-0.3, -0.25) is 4.79 Å². The zero-order valence-corrected chi connectivity index (χ0v) is 19.7. The third-order valence-electron chi connectivity index (χ3n) is 5.10. The monoisotopic (exact) mass is 521 g/mol. The van der Waals surface area contributed by atoms with Gasteiger partial charge in [-0.15, -0.1) is 0 Å². The molecule has 0 fully saturated rings. The Morgan fingerprint density at radius 2 is 1.71 bits per heavy atom. The highest BCUT2D eigenvalue weighted by atomic mass is 19.4. The lowest BCUT2D eigenvalue weighted by Crippen LogP contribution is -2.16. The van der Waals surface area contributed by atoms with Crippen LogP contribution in [0.25, 0.3) is 17.0 Å². The summed E-state index contributed by atoms with van der Waals surface area (Å²) in [5.41, 5.74) is -1.36. The molecule has 1 aromatic heterocycles. The van der Waals surface area contributed by atoms with Crippen molar-refractivity contribution >= 4 is 23.0 Å². The summed E-state index contributed by atoms with van der Waals surface area (Å²) in [5, 5.41) is 9.10. The van der Waals surface area contributed by atoms with Crippen LogP contribution in [0.1, 0.15) is 18.2 Å². The molecule has 0 spiro atoms. The number of nitrogens with zero attached hydrogens (tertiary/aromatic N) is 1. The summed E-state index contributed by atoms with van der Waals surface area (Å²) in [7, 11) is 0. The van der Waals surface area contributed by atoms with E-state index in [0.717, 1.165) is 12.1 Å².